The molecule has 1 saturated heterocycles. The molecule has 0 aliphatic carbocycles. The topological polar surface area (TPSA) is 61.4 Å². The van der Waals surface area contributed by atoms with Crippen molar-refractivity contribution in [2.24, 2.45) is 0 Å². The molecule has 1 aromatic carbocycles. The lowest BCUT2D eigenvalue weighted by Gasteiger charge is -2.30. The summed E-state index contributed by atoms with van der Waals surface area (Å²) in [5, 5.41) is 5.44. The van der Waals surface area contributed by atoms with E-state index >= 15 is 0 Å². The van der Waals surface area contributed by atoms with E-state index in [1.54, 1.807) is 18.9 Å². The third-order valence-corrected chi connectivity index (χ3v) is 4.01. The first-order chi connectivity index (χ1) is 10.9. The van der Waals surface area contributed by atoms with Crippen LogP contribution in [0.25, 0.3) is 0 Å². The third-order valence-electron chi connectivity index (χ3n) is 4.01. The molecule has 1 aromatic rings. The minimum atomic E-state index is -0.617. The standard InChI is InChI=1S/C16H21F2N3O2/c1-3-14(12-8-10(17)4-6-13(12)18)20-16(23)19-11-5-7-15(22)21(2)9-11/h4,6,8,11,14H,3,5,7,9H2,1-2H3,(H2,19,20,23)/t11-,14+/m1/s1. The van der Waals surface area contributed by atoms with Crippen LogP contribution in [-0.4, -0.2) is 36.5 Å². The number of benzene rings is 1. The Kier molecular flexibility index (Phi) is 5.52. The molecule has 1 heterocycles. The van der Waals surface area contributed by atoms with Crippen molar-refractivity contribution in [3.8, 4) is 0 Å². The normalized spacial score (nSPS) is 19.4. The van der Waals surface area contributed by atoms with E-state index < -0.39 is 23.7 Å². The summed E-state index contributed by atoms with van der Waals surface area (Å²) in [6.07, 6.45) is 1.38. The summed E-state index contributed by atoms with van der Waals surface area (Å²) in [6.45, 7) is 2.22. The quantitative estimate of drug-likeness (QED) is 0.892. The van der Waals surface area contributed by atoms with Gasteiger partial charge in [-0.25, -0.2) is 13.6 Å². The van der Waals surface area contributed by atoms with Crippen LogP contribution in [0.2, 0.25) is 0 Å². The molecular formula is C16H21F2N3O2. The summed E-state index contributed by atoms with van der Waals surface area (Å²) in [5.41, 5.74) is 0.124. The van der Waals surface area contributed by atoms with Crippen LogP contribution in [0.5, 0.6) is 0 Å². The van der Waals surface area contributed by atoms with Crippen LogP contribution in [0.1, 0.15) is 37.8 Å². The first-order valence-corrected chi connectivity index (χ1v) is 7.66. The van der Waals surface area contributed by atoms with Gasteiger partial charge in [0.2, 0.25) is 5.91 Å². The number of piperidine rings is 1. The molecule has 0 spiro atoms. The molecule has 126 valence electrons. The van der Waals surface area contributed by atoms with E-state index in [4.69, 9.17) is 0 Å². The van der Waals surface area contributed by atoms with E-state index in [2.05, 4.69) is 10.6 Å². The van der Waals surface area contributed by atoms with Crippen LogP contribution >= 0.6 is 0 Å². The van der Waals surface area contributed by atoms with Gasteiger partial charge in [-0.05, 0) is 31.0 Å². The largest absolute Gasteiger partial charge is 0.344 e. The van der Waals surface area contributed by atoms with Crippen LogP contribution in [0.3, 0.4) is 0 Å². The number of rotatable bonds is 4. The summed E-state index contributed by atoms with van der Waals surface area (Å²) >= 11 is 0. The summed E-state index contributed by atoms with van der Waals surface area (Å²) < 4.78 is 27.1. The summed E-state index contributed by atoms with van der Waals surface area (Å²) in [7, 11) is 1.69. The maximum atomic E-state index is 13.8. The Hall–Kier alpha value is -2.18. The number of urea groups is 1. The molecule has 7 heteroatoms. The zero-order chi connectivity index (χ0) is 17.0. The van der Waals surface area contributed by atoms with Gasteiger partial charge in [-0.3, -0.25) is 4.79 Å². The van der Waals surface area contributed by atoms with Crippen molar-refractivity contribution in [3.63, 3.8) is 0 Å². The average Bonchev–Trinajstić information content (AvgIpc) is 2.51. The van der Waals surface area contributed by atoms with E-state index in [0.717, 1.165) is 18.2 Å². The van der Waals surface area contributed by atoms with Gasteiger partial charge in [0, 0.05) is 31.6 Å². The molecule has 1 aliphatic rings. The molecule has 0 bridgehead atoms. The molecule has 0 saturated carbocycles. The number of hydrogen-bond acceptors (Lipinski definition) is 2. The summed E-state index contributed by atoms with van der Waals surface area (Å²) in [6, 6.07) is 1.97. The molecule has 2 rings (SSSR count). The molecule has 2 atom stereocenters. The van der Waals surface area contributed by atoms with Crippen LogP contribution in [-0.2, 0) is 4.79 Å². The van der Waals surface area contributed by atoms with Gasteiger partial charge in [0.1, 0.15) is 11.6 Å². The van der Waals surface area contributed by atoms with Gasteiger partial charge in [-0.2, -0.15) is 0 Å². The zero-order valence-corrected chi connectivity index (χ0v) is 13.2. The van der Waals surface area contributed by atoms with Crippen molar-refractivity contribution >= 4 is 11.9 Å². The monoisotopic (exact) mass is 325 g/mol. The Morgan fingerprint density at radius 2 is 2.17 bits per heavy atom. The third kappa shape index (κ3) is 4.40. The fraction of sp³-hybridized carbons (Fsp3) is 0.500. The molecule has 1 fully saturated rings. The second-order valence-electron chi connectivity index (χ2n) is 5.75. The van der Waals surface area contributed by atoms with Crippen LogP contribution < -0.4 is 10.6 Å². The van der Waals surface area contributed by atoms with Crippen molar-refractivity contribution in [2.45, 2.75) is 38.3 Å². The fourth-order valence-electron chi connectivity index (χ4n) is 2.70. The van der Waals surface area contributed by atoms with E-state index in [-0.39, 0.29) is 17.5 Å². The first kappa shape index (κ1) is 17.2. The number of nitrogens with zero attached hydrogens (tertiary/aromatic N) is 1. The zero-order valence-electron chi connectivity index (χ0n) is 13.2. The highest BCUT2D eigenvalue weighted by molar-refractivity contribution is 5.78. The number of halogens is 2. The van der Waals surface area contributed by atoms with Gasteiger partial charge in [-0.15, -0.1) is 0 Å². The second kappa shape index (κ2) is 7.39. The minimum absolute atomic E-state index is 0.0525. The SMILES string of the molecule is CC[C@H](NC(=O)N[C@@H]1CCC(=O)N(C)C1)c1cc(F)ccc1F. The lowest BCUT2D eigenvalue weighted by Crippen LogP contribution is -2.51. The number of hydrogen-bond donors (Lipinski definition) is 2. The van der Waals surface area contributed by atoms with Gasteiger partial charge < -0.3 is 15.5 Å². The maximum absolute atomic E-state index is 13.8. The Morgan fingerprint density at radius 1 is 1.43 bits per heavy atom. The maximum Gasteiger partial charge on any atom is 0.315 e. The predicted molar refractivity (Wildman–Crippen MR) is 81.7 cm³/mol. The summed E-state index contributed by atoms with van der Waals surface area (Å²) in [5.74, 6) is -1.05. The van der Waals surface area contributed by atoms with Crippen molar-refractivity contribution in [1.82, 2.24) is 15.5 Å². The van der Waals surface area contributed by atoms with Crippen LogP contribution in [0, 0.1) is 11.6 Å². The number of carbonyl (C=O) groups excluding carboxylic acids is 2. The highest BCUT2D eigenvalue weighted by Crippen LogP contribution is 2.21. The number of likely N-dealkylation sites (tertiary alicyclic amines) is 1. The van der Waals surface area contributed by atoms with Crippen molar-refractivity contribution in [1.29, 1.82) is 0 Å². The molecule has 2 N–H and O–H groups in total. The second-order valence-corrected chi connectivity index (χ2v) is 5.75. The van der Waals surface area contributed by atoms with Crippen LogP contribution in [0.4, 0.5) is 13.6 Å². The van der Waals surface area contributed by atoms with E-state index in [1.165, 1.54) is 0 Å². The van der Waals surface area contributed by atoms with Crippen molar-refractivity contribution < 1.29 is 18.4 Å². The average molecular weight is 325 g/mol. The van der Waals surface area contributed by atoms with Crippen molar-refractivity contribution in [3.05, 3.63) is 35.4 Å². The highest BCUT2D eigenvalue weighted by atomic mass is 19.1. The number of likely N-dealkylation sites (N-methyl/N-ethyl adjacent to an activating group) is 1. The van der Waals surface area contributed by atoms with Gasteiger partial charge in [-0.1, -0.05) is 6.92 Å². The lowest BCUT2D eigenvalue weighted by molar-refractivity contribution is -0.132. The number of amides is 3. The smallest absolute Gasteiger partial charge is 0.315 e. The van der Waals surface area contributed by atoms with E-state index in [0.29, 0.717) is 25.8 Å². The van der Waals surface area contributed by atoms with E-state index in [1.807, 2.05) is 0 Å². The molecule has 23 heavy (non-hydrogen) atoms. The van der Waals surface area contributed by atoms with Gasteiger partial charge in [0.15, 0.2) is 0 Å². The van der Waals surface area contributed by atoms with E-state index in [9.17, 15) is 18.4 Å². The number of nitrogens with one attached hydrogen (secondary N) is 2. The Bertz CT molecular complexity index is 595. The Labute approximate surface area is 134 Å². The van der Waals surface area contributed by atoms with Crippen molar-refractivity contribution in [2.75, 3.05) is 13.6 Å². The highest BCUT2D eigenvalue weighted by Gasteiger charge is 2.25. The number of carbonyl (C=O) groups is 2. The molecule has 0 aromatic heterocycles. The van der Waals surface area contributed by atoms with Gasteiger partial charge >= 0.3 is 6.03 Å². The molecule has 1 aliphatic heterocycles. The molecule has 5 nitrogen and oxygen atoms in total. The molecular weight excluding hydrogens is 304 g/mol. The van der Waals surface area contributed by atoms with Crippen LogP contribution in [0.15, 0.2) is 18.2 Å². The Morgan fingerprint density at radius 3 is 2.83 bits per heavy atom. The minimum Gasteiger partial charge on any atom is -0.344 e. The van der Waals surface area contributed by atoms with Gasteiger partial charge in [0.05, 0.1) is 6.04 Å². The molecule has 0 radical (unpaired) electrons. The predicted octanol–water partition coefficient (Wildman–Crippen LogP) is 2.34. The summed E-state index contributed by atoms with van der Waals surface area (Å²) in [4.78, 5) is 25.1. The Balaban J connectivity index is 1.97. The first-order valence-electron chi connectivity index (χ1n) is 7.66. The lowest BCUT2D eigenvalue weighted by atomic mass is 10.0. The molecule has 3 amide bonds. The van der Waals surface area contributed by atoms with Gasteiger partial charge in [0.25, 0.3) is 0 Å². The molecule has 0 unspecified atom stereocenters. The fourth-order valence-corrected chi connectivity index (χ4v) is 2.70.